The van der Waals surface area contributed by atoms with E-state index in [0.29, 0.717) is 5.92 Å². The number of piperidine rings is 2. The number of likely N-dealkylation sites (tertiary alicyclic amines) is 1. The molecule has 2 aromatic carbocycles. The van der Waals surface area contributed by atoms with Gasteiger partial charge in [-0.1, -0.05) is 24.3 Å². The van der Waals surface area contributed by atoms with Crippen molar-refractivity contribution < 1.29 is 9.18 Å². The monoisotopic (exact) mass is 380 g/mol. The van der Waals surface area contributed by atoms with Gasteiger partial charge in [-0.15, -0.1) is 0 Å². The van der Waals surface area contributed by atoms with Crippen molar-refractivity contribution in [2.45, 2.75) is 38.0 Å². The summed E-state index contributed by atoms with van der Waals surface area (Å²) in [5, 5.41) is 3.42. The van der Waals surface area contributed by atoms with Crippen molar-refractivity contribution in [3.05, 3.63) is 71.0 Å². The molecule has 0 saturated carbocycles. The number of amides is 1. The number of halogens is 1. The molecule has 2 heterocycles. The van der Waals surface area contributed by atoms with E-state index in [1.165, 1.54) is 18.1 Å². The van der Waals surface area contributed by atoms with Crippen LogP contribution >= 0.6 is 0 Å². The third kappa shape index (κ3) is 4.27. The second kappa shape index (κ2) is 8.87. The predicted molar refractivity (Wildman–Crippen MR) is 110 cm³/mol. The summed E-state index contributed by atoms with van der Waals surface area (Å²) in [6, 6.07) is 15.1. The summed E-state index contributed by atoms with van der Waals surface area (Å²) in [4.78, 5) is 14.7. The van der Waals surface area contributed by atoms with Crippen LogP contribution in [0.5, 0.6) is 0 Å². The number of rotatable bonds is 4. The molecule has 2 fully saturated rings. The van der Waals surface area contributed by atoms with Crippen molar-refractivity contribution in [2.75, 3.05) is 26.2 Å². The summed E-state index contributed by atoms with van der Waals surface area (Å²) >= 11 is 0. The van der Waals surface area contributed by atoms with Gasteiger partial charge in [-0.05, 0) is 86.5 Å². The first kappa shape index (κ1) is 19.1. The molecule has 1 N–H and O–H groups in total. The molecule has 28 heavy (non-hydrogen) atoms. The van der Waals surface area contributed by atoms with Crippen LogP contribution in [-0.4, -0.2) is 37.0 Å². The topological polar surface area (TPSA) is 32.3 Å². The lowest BCUT2D eigenvalue weighted by Crippen LogP contribution is -2.35. The highest BCUT2D eigenvalue weighted by Gasteiger charge is 2.27. The molecule has 0 bridgehead atoms. The van der Waals surface area contributed by atoms with Crippen LogP contribution in [0.25, 0.3) is 0 Å². The maximum absolute atomic E-state index is 13.9. The first-order valence-corrected chi connectivity index (χ1v) is 10.6. The normalized spacial score (nSPS) is 19.4. The van der Waals surface area contributed by atoms with E-state index in [1.54, 1.807) is 12.1 Å². The van der Waals surface area contributed by atoms with Gasteiger partial charge >= 0.3 is 0 Å². The van der Waals surface area contributed by atoms with Crippen molar-refractivity contribution in [3.63, 3.8) is 0 Å². The molecule has 1 amide bonds. The zero-order valence-electron chi connectivity index (χ0n) is 16.4. The molecule has 0 spiro atoms. The number of nitrogens with one attached hydrogen (secondary N) is 1. The summed E-state index contributed by atoms with van der Waals surface area (Å²) in [6.07, 6.45) is 5.57. The average Bonchev–Trinajstić information content (AvgIpc) is 2.75. The first-order chi connectivity index (χ1) is 13.7. The Kier molecular flexibility index (Phi) is 6.06. The van der Waals surface area contributed by atoms with Crippen molar-refractivity contribution in [2.24, 2.45) is 5.92 Å². The van der Waals surface area contributed by atoms with Crippen LogP contribution in [0, 0.1) is 11.7 Å². The van der Waals surface area contributed by atoms with E-state index in [4.69, 9.17) is 0 Å². The molecule has 4 heteroatoms. The Morgan fingerprint density at radius 1 is 0.964 bits per heavy atom. The fourth-order valence-electron chi connectivity index (χ4n) is 4.73. The number of nitrogens with zero attached hydrogens (tertiary/aromatic N) is 1. The first-order valence-electron chi connectivity index (χ1n) is 10.6. The van der Waals surface area contributed by atoms with E-state index < -0.39 is 0 Å². The molecule has 2 aliphatic rings. The Balaban J connectivity index is 1.60. The second-order valence-corrected chi connectivity index (χ2v) is 8.09. The summed E-state index contributed by atoms with van der Waals surface area (Å²) in [5.74, 6) is 0.590. The van der Waals surface area contributed by atoms with Gasteiger partial charge < -0.3 is 10.2 Å². The molecule has 1 atom stereocenters. The van der Waals surface area contributed by atoms with Gasteiger partial charge in [0.15, 0.2) is 0 Å². The minimum absolute atomic E-state index is 0.135. The largest absolute Gasteiger partial charge is 0.339 e. The van der Waals surface area contributed by atoms with Crippen LogP contribution in [0.4, 0.5) is 4.39 Å². The Bertz CT molecular complexity index is 793. The Morgan fingerprint density at radius 3 is 2.36 bits per heavy atom. The molecule has 1 unspecified atom stereocenters. The standard InChI is InChI=1S/C24H29FN2O/c25-22-6-4-5-21(17-22)23(19-11-13-26-14-12-19)18-7-9-20(10-8-18)24(28)27-15-2-1-3-16-27/h4-10,17,19,23,26H,1-3,11-16H2. The SMILES string of the molecule is O=C(c1ccc(C(c2cccc(F)c2)C2CCNCC2)cc1)N1CCCCC1. The second-order valence-electron chi connectivity index (χ2n) is 8.09. The van der Waals surface area contributed by atoms with E-state index in [2.05, 4.69) is 17.4 Å². The lowest BCUT2D eigenvalue weighted by atomic mass is 9.76. The van der Waals surface area contributed by atoms with Crippen LogP contribution in [-0.2, 0) is 0 Å². The summed E-state index contributed by atoms with van der Waals surface area (Å²) in [6.45, 7) is 3.73. The van der Waals surface area contributed by atoms with Gasteiger partial charge in [0.1, 0.15) is 5.82 Å². The van der Waals surface area contributed by atoms with Gasteiger partial charge in [0.05, 0.1) is 0 Å². The Morgan fingerprint density at radius 2 is 1.68 bits per heavy atom. The Hall–Kier alpha value is -2.20. The van der Waals surface area contributed by atoms with Crippen molar-refractivity contribution in [3.8, 4) is 0 Å². The molecular weight excluding hydrogens is 351 g/mol. The fraction of sp³-hybridized carbons (Fsp3) is 0.458. The third-order valence-electron chi connectivity index (χ3n) is 6.22. The minimum atomic E-state index is -0.187. The highest BCUT2D eigenvalue weighted by Crippen LogP contribution is 2.37. The molecule has 2 saturated heterocycles. The van der Waals surface area contributed by atoms with Gasteiger partial charge in [-0.2, -0.15) is 0 Å². The van der Waals surface area contributed by atoms with E-state index in [1.807, 2.05) is 23.1 Å². The molecule has 2 aromatic rings. The predicted octanol–water partition coefficient (Wildman–Crippen LogP) is 4.58. The molecule has 0 radical (unpaired) electrons. The maximum atomic E-state index is 13.9. The number of carbonyl (C=O) groups is 1. The molecule has 0 aliphatic carbocycles. The van der Waals surface area contributed by atoms with E-state index in [-0.39, 0.29) is 17.6 Å². The smallest absolute Gasteiger partial charge is 0.253 e. The number of carbonyl (C=O) groups excluding carboxylic acids is 1. The van der Waals surface area contributed by atoms with E-state index in [9.17, 15) is 9.18 Å². The number of hydrogen-bond acceptors (Lipinski definition) is 2. The van der Waals surface area contributed by atoms with Crippen LogP contribution < -0.4 is 5.32 Å². The molecule has 148 valence electrons. The van der Waals surface area contributed by atoms with Crippen LogP contribution in [0.15, 0.2) is 48.5 Å². The van der Waals surface area contributed by atoms with E-state index >= 15 is 0 Å². The van der Waals surface area contributed by atoms with Crippen molar-refractivity contribution in [1.82, 2.24) is 10.2 Å². The highest BCUT2D eigenvalue weighted by molar-refractivity contribution is 5.94. The molecular formula is C24H29FN2O. The summed E-state index contributed by atoms with van der Waals surface area (Å²) in [5.41, 5.74) is 2.96. The van der Waals surface area contributed by atoms with Gasteiger partial charge in [-0.25, -0.2) is 4.39 Å². The quantitative estimate of drug-likeness (QED) is 0.842. The lowest BCUT2D eigenvalue weighted by molar-refractivity contribution is 0.0724. The number of hydrogen-bond donors (Lipinski definition) is 1. The fourth-order valence-corrected chi connectivity index (χ4v) is 4.73. The van der Waals surface area contributed by atoms with Gasteiger partial charge in [0.25, 0.3) is 5.91 Å². The van der Waals surface area contributed by atoms with Gasteiger partial charge in [0.2, 0.25) is 0 Å². The molecule has 3 nitrogen and oxygen atoms in total. The van der Waals surface area contributed by atoms with Crippen LogP contribution in [0.3, 0.4) is 0 Å². The van der Waals surface area contributed by atoms with Crippen LogP contribution in [0.1, 0.15) is 59.5 Å². The molecule has 0 aromatic heterocycles. The minimum Gasteiger partial charge on any atom is -0.339 e. The zero-order chi connectivity index (χ0) is 19.3. The maximum Gasteiger partial charge on any atom is 0.253 e. The van der Waals surface area contributed by atoms with Gasteiger partial charge in [0, 0.05) is 24.6 Å². The summed E-state index contributed by atoms with van der Waals surface area (Å²) in [7, 11) is 0. The third-order valence-corrected chi connectivity index (χ3v) is 6.22. The van der Waals surface area contributed by atoms with Crippen molar-refractivity contribution in [1.29, 1.82) is 0 Å². The van der Waals surface area contributed by atoms with Gasteiger partial charge in [-0.3, -0.25) is 4.79 Å². The zero-order valence-corrected chi connectivity index (χ0v) is 16.4. The molecule has 4 rings (SSSR count). The van der Waals surface area contributed by atoms with E-state index in [0.717, 1.165) is 63.0 Å². The summed E-state index contributed by atoms with van der Waals surface area (Å²) < 4.78 is 13.9. The Labute approximate surface area is 166 Å². The van der Waals surface area contributed by atoms with Crippen LogP contribution in [0.2, 0.25) is 0 Å². The lowest BCUT2D eigenvalue weighted by Gasteiger charge is -2.32. The highest BCUT2D eigenvalue weighted by atomic mass is 19.1. The average molecular weight is 381 g/mol. The molecule has 2 aliphatic heterocycles. The van der Waals surface area contributed by atoms with Crippen molar-refractivity contribution >= 4 is 5.91 Å². The number of benzene rings is 2.